The summed E-state index contributed by atoms with van der Waals surface area (Å²) in [5, 5.41) is 2.85. The molecule has 0 rings (SSSR count). The van der Waals surface area contributed by atoms with Crippen molar-refractivity contribution in [1.29, 1.82) is 0 Å². The minimum Gasteiger partial charge on any atom is -0.374 e. The van der Waals surface area contributed by atoms with Crippen LogP contribution in [0.5, 0.6) is 0 Å². The maximum absolute atomic E-state index is 11.1. The molecule has 54 valence electrons. The van der Waals surface area contributed by atoms with Gasteiger partial charge in [-0.05, 0) is 20.3 Å². The van der Waals surface area contributed by atoms with Crippen LogP contribution in [0.25, 0.3) is 0 Å². The van der Waals surface area contributed by atoms with Gasteiger partial charge in [-0.3, -0.25) is 0 Å². The highest BCUT2D eigenvalue weighted by molar-refractivity contribution is 8.00. The topological polar surface area (TPSA) is 29.1 Å². The van der Waals surface area contributed by atoms with Crippen LogP contribution in [0.3, 0.4) is 0 Å². The van der Waals surface area contributed by atoms with Crippen LogP contribution >= 0.6 is 19.4 Å². The minimum atomic E-state index is -2.15. The van der Waals surface area contributed by atoms with Crippen LogP contribution < -0.4 is 5.32 Å². The summed E-state index contributed by atoms with van der Waals surface area (Å²) in [6.07, 6.45) is 0. The van der Waals surface area contributed by atoms with Crippen molar-refractivity contribution in [1.82, 2.24) is 5.32 Å². The van der Waals surface area contributed by atoms with Crippen LogP contribution in [0.4, 0.5) is 0 Å². The zero-order chi connectivity index (χ0) is 7.49. The molecule has 0 aliphatic rings. The van der Waals surface area contributed by atoms with E-state index in [1.54, 1.807) is 13.3 Å². The van der Waals surface area contributed by atoms with Crippen molar-refractivity contribution >= 4 is 24.1 Å². The van der Waals surface area contributed by atoms with E-state index in [2.05, 4.69) is 5.32 Å². The molecule has 0 aromatic rings. The molecule has 0 amide bonds. The molecule has 0 heterocycles. The molecule has 0 aromatic heterocycles. The Morgan fingerprint density at radius 1 is 1.67 bits per heavy atom. The molecule has 9 heavy (non-hydrogen) atoms. The summed E-state index contributed by atoms with van der Waals surface area (Å²) in [4.78, 5) is 0. The first-order chi connectivity index (χ1) is 3.98. The van der Waals surface area contributed by atoms with Gasteiger partial charge in [-0.1, -0.05) is 12.2 Å². The third kappa shape index (κ3) is 3.66. The molecule has 0 saturated heterocycles. The molecule has 0 fully saturated rings. The molecule has 4 heteroatoms. The third-order valence-electron chi connectivity index (χ3n) is 0.817. The highest BCUT2D eigenvalue weighted by Crippen LogP contribution is 2.36. The van der Waals surface area contributed by atoms with Gasteiger partial charge in [0.15, 0.2) is 0 Å². The Labute approximate surface area is 61.4 Å². The molecular weight excluding hydrogens is 153 g/mol. The van der Waals surface area contributed by atoms with Gasteiger partial charge in [-0.15, -0.1) is 0 Å². The molecule has 0 aromatic carbocycles. The van der Waals surface area contributed by atoms with Crippen LogP contribution in [0.1, 0.15) is 6.92 Å². The van der Waals surface area contributed by atoms with Crippen LogP contribution in [0, 0.1) is 0 Å². The van der Waals surface area contributed by atoms with Crippen molar-refractivity contribution in [2.75, 3.05) is 19.9 Å². The van der Waals surface area contributed by atoms with Crippen LogP contribution in [-0.2, 0) is 4.57 Å². The second-order valence-electron chi connectivity index (χ2n) is 2.19. The van der Waals surface area contributed by atoms with E-state index in [-0.39, 0.29) is 0 Å². The number of hydrogen-bond donors (Lipinski definition) is 1. The Hall–Kier alpha value is 0.120. The van der Waals surface area contributed by atoms with Gasteiger partial charge in [0.05, 0.1) is 0 Å². The highest BCUT2D eigenvalue weighted by atomic mass is 32.1. The summed E-state index contributed by atoms with van der Waals surface area (Å²) in [5.74, 6) is 0. The highest BCUT2D eigenvalue weighted by Gasteiger charge is 2.11. The second kappa shape index (κ2) is 3.33. The summed E-state index contributed by atoms with van der Waals surface area (Å²) < 4.78 is 11.6. The number of nitrogens with one attached hydrogen (secondary N) is 1. The van der Waals surface area contributed by atoms with E-state index in [0.29, 0.717) is 4.73 Å². The number of thiocarbonyl (C=S) groups is 1. The normalized spacial score (nSPS) is 11.0. The lowest BCUT2D eigenvalue weighted by Gasteiger charge is -2.08. The molecule has 0 bridgehead atoms. The Morgan fingerprint density at radius 2 is 2.11 bits per heavy atom. The van der Waals surface area contributed by atoms with Gasteiger partial charge in [0.1, 0.15) is 11.9 Å². The smallest absolute Gasteiger partial charge is 0.136 e. The van der Waals surface area contributed by atoms with Gasteiger partial charge < -0.3 is 9.88 Å². The fraction of sp³-hybridized carbons (Fsp3) is 0.800. The monoisotopic (exact) mass is 165 g/mol. The van der Waals surface area contributed by atoms with E-state index >= 15 is 0 Å². The second-order valence-corrected chi connectivity index (χ2v) is 6.05. The lowest BCUT2D eigenvalue weighted by atomic mass is 10.8. The first-order valence-electron chi connectivity index (χ1n) is 2.82. The molecule has 0 unspecified atom stereocenters. The Bertz CT molecular complexity index is 151. The molecule has 0 aliphatic carbocycles. The van der Waals surface area contributed by atoms with Crippen molar-refractivity contribution in [3.05, 3.63) is 0 Å². The van der Waals surface area contributed by atoms with Crippen molar-refractivity contribution in [2.45, 2.75) is 6.92 Å². The van der Waals surface area contributed by atoms with Crippen molar-refractivity contribution in [3.8, 4) is 0 Å². The fourth-order valence-corrected chi connectivity index (χ4v) is 1.02. The van der Waals surface area contributed by atoms with E-state index in [1.165, 1.54) is 0 Å². The molecule has 0 saturated carbocycles. The SMILES string of the molecule is CCNC(=S)P(C)(C)=O. The van der Waals surface area contributed by atoms with Crippen LogP contribution in [0.15, 0.2) is 0 Å². The zero-order valence-corrected chi connectivity index (χ0v) is 7.68. The van der Waals surface area contributed by atoms with Crippen molar-refractivity contribution < 1.29 is 4.57 Å². The van der Waals surface area contributed by atoms with E-state index in [4.69, 9.17) is 12.2 Å². The molecule has 0 spiro atoms. The average molecular weight is 165 g/mol. The predicted octanol–water partition coefficient (Wildman–Crippen LogP) is 1.50. The van der Waals surface area contributed by atoms with Gasteiger partial charge >= 0.3 is 0 Å². The molecule has 1 N–H and O–H groups in total. The number of hydrogen-bond acceptors (Lipinski definition) is 2. The molecule has 2 nitrogen and oxygen atoms in total. The Morgan fingerprint density at radius 3 is 2.22 bits per heavy atom. The summed E-state index contributed by atoms with van der Waals surface area (Å²) in [6.45, 7) is 6.02. The average Bonchev–Trinajstić information content (AvgIpc) is 1.64. The minimum absolute atomic E-state index is 0.505. The molecule has 0 aliphatic heterocycles. The lowest BCUT2D eigenvalue weighted by molar-refractivity contribution is 0.589. The van der Waals surface area contributed by atoms with E-state index in [9.17, 15) is 4.57 Å². The molecule has 0 radical (unpaired) electrons. The standard InChI is InChI=1S/C5H12NOPS/c1-4-6-5(9)8(2,3)7/h4H2,1-3H3,(H,6,9). The van der Waals surface area contributed by atoms with Crippen molar-refractivity contribution in [3.63, 3.8) is 0 Å². The van der Waals surface area contributed by atoms with Crippen LogP contribution in [-0.4, -0.2) is 24.6 Å². The van der Waals surface area contributed by atoms with Gasteiger partial charge in [-0.25, -0.2) is 0 Å². The number of rotatable bonds is 2. The first kappa shape index (κ1) is 9.12. The third-order valence-corrected chi connectivity index (χ3v) is 3.42. The van der Waals surface area contributed by atoms with Crippen LogP contribution in [0.2, 0.25) is 0 Å². The maximum Gasteiger partial charge on any atom is 0.136 e. The lowest BCUT2D eigenvalue weighted by Crippen LogP contribution is -2.19. The largest absolute Gasteiger partial charge is 0.374 e. The van der Waals surface area contributed by atoms with Crippen molar-refractivity contribution in [2.24, 2.45) is 0 Å². The van der Waals surface area contributed by atoms with Gasteiger partial charge in [0.2, 0.25) is 0 Å². The zero-order valence-electron chi connectivity index (χ0n) is 5.97. The molecular formula is C5H12NOPS. The van der Waals surface area contributed by atoms with Gasteiger partial charge in [0.25, 0.3) is 0 Å². The van der Waals surface area contributed by atoms with E-state index < -0.39 is 7.14 Å². The fourth-order valence-electron chi connectivity index (χ4n) is 0.342. The predicted molar refractivity (Wildman–Crippen MR) is 45.7 cm³/mol. The van der Waals surface area contributed by atoms with Gasteiger partial charge in [0, 0.05) is 6.54 Å². The summed E-state index contributed by atoms with van der Waals surface area (Å²) in [5.41, 5.74) is 0. The van der Waals surface area contributed by atoms with Gasteiger partial charge in [-0.2, -0.15) is 0 Å². The summed E-state index contributed by atoms with van der Waals surface area (Å²) in [6, 6.07) is 0. The Balaban J connectivity index is 3.90. The summed E-state index contributed by atoms with van der Waals surface area (Å²) in [7, 11) is -2.15. The summed E-state index contributed by atoms with van der Waals surface area (Å²) >= 11 is 4.82. The quantitative estimate of drug-likeness (QED) is 0.496. The van der Waals surface area contributed by atoms with E-state index in [1.807, 2.05) is 6.92 Å². The maximum atomic E-state index is 11.1. The Kier molecular flexibility index (Phi) is 3.37. The first-order valence-corrected chi connectivity index (χ1v) is 5.82. The molecule has 0 atom stereocenters. The van der Waals surface area contributed by atoms with E-state index in [0.717, 1.165) is 6.54 Å².